The van der Waals surface area contributed by atoms with Crippen LogP contribution >= 0.6 is 0 Å². The molecule has 0 saturated heterocycles. The van der Waals surface area contributed by atoms with Crippen LogP contribution in [0.25, 0.3) is 0 Å². The van der Waals surface area contributed by atoms with Gasteiger partial charge >= 0.3 is 0 Å². The highest BCUT2D eigenvalue weighted by Crippen LogP contribution is 2.23. The number of nitrogens with one attached hydrogen (secondary N) is 1. The van der Waals surface area contributed by atoms with Crippen molar-refractivity contribution >= 4 is 0 Å². The molecule has 0 spiro atoms. The van der Waals surface area contributed by atoms with E-state index in [-0.39, 0.29) is 0 Å². The fraction of sp³-hybridized carbons (Fsp3) is 0.833. The Labute approximate surface area is 82.3 Å². The highest BCUT2D eigenvalue weighted by Gasteiger charge is 2.17. The van der Waals surface area contributed by atoms with Crippen molar-refractivity contribution in [2.45, 2.75) is 52.0 Å². The van der Waals surface area contributed by atoms with Crippen LogP contribution in [0.5, 0.6) is 0 Å². The first-order chi connectivity index (χ1) is 6.33. The molecule has 1 N–H and O–H groups in total. The van der Waals surface area contributed by atoms with Gasteiger partial charge in [-0.1, -0.05) is 19.8 Å². The second kappa shape index (κ2) is 6.05. The molecular formula is C12H21N. The van der Waals surface area contributed by atoms with E-state index in [0.29, 0.717) is 0 Å². The lowest BCUT2D eigenvalue weighted by atomic mass is 9.87. The third kappa shape index (κ3) is 4.33. The van der Waals surface area contributed by atoms with Crippen LogP contribution in [-0.2, 0) is 0 Å². The summed E-state index contributed by atoms with van der Waals surface area (Å²) in [7, 11) is 0. The van der Waals surface area contributed by atoms with E-state index in [4.69, 9.17) is 0 Å². The smallest absolute Gasteiger partial charge is 0.0214 e. The molecule has 1 aliphatic carbocycles. The molecule has 0 radical (unpaired) electrons. The SMILES string of the molecule is CC#CCCNC1CCCC(C)C1. The van der Waals surface area contributed by atoms with E-state index in [2.05, 4.69) is 24.1 Å². The van der Waals surface area contributed by atoms with Gasteiger partial charge in [0.1, 0.15) is 0 Å². The lowest BCUT2D eigenvalue weighted by Gasteiger charge is -2.27. The Bertz CT molecular complexity index is 187. The van der Waals surface area contributed by atoms with E-state index in [0.717, 1.165) is 24.9 Å². The van der Waals surface area contributed by atoms with Gasteiger partial charge in [0, 0.05) is 19.0 Å². The van der Waals surface area contributed by atoms with E-state index < -0.39 is 0 Å². The third-order valence-corrected chi connectivity index (χ3v) is 2.80. The Hall–Kier alpha value is -0.480. The Morgan fingerprint density at radius 1 is 1.38 bits per heavy atom. The molecule has 0 aromatic rings. The van der Waals surface area contributed by atoms with Crippen LogP contribution < -0.4 is 5.32 Å². The van der Waals surface area contributed by atoms with Crippen LogP contribution in [0.3, 0.4) is 0 Å². The van der Waals surface area contributed by atoms with Crippen molar-refractivity contribution in [3.05, 3.63) is 0 Å². The molecule has 0 amide bonds. The third-order valence-electron chi connectivity index (χ3n) is 2.80. The molecule has 1 aliphatic rings. The predicted molar refractivity (Wildman–Crippen MR) is 57.5 cm³/mol. The summed E-state index contributed by atoms with van der Waals surface area (Å²) in [6.45, 7) is 5.33. The van der Waals surface area contributed by atoms with Gasteiger partial charge in [-0.05, 0) is 25.7 Å². The highest BCUT2D eigenvalue weighted by atomic mass is 14.9. The molecule has 0 aromatic carbocycles. The maximum atomic E-state index is 3.58. The first-order valence-corrected chi connectivity index (χ1v) is 5.46. The maximum absolute atomic E-state index is 3.58. The van der Waals surface area contributed by atoms with Gasteiger partial charge in [-0.3, -0.25) is 0 Å². The van der Waals surface area contributed by atoms with Gasteiger partial charge in [0.15, 0.2) is 0 Å². The molecule has 1 heteroatoms. The molecule has 2 unspecified atom stereocenters. The standard InChI is InChI=1S/C12H21N/c1-3-4-5-9-13-12-8-6-7-11(2)10-12/h11-13H,5-10H2,1-2H3. The quantitative estimate of drug-likeness (QED) is 0.518. The Balaban J connectivity index is 2.08. The van der Waals surface area contributed by atoms with Crippen molar-refractivity contribution in [1.82, 2.24) is 5.32 Å². The second-order valence-electron chi connectivity index (χ2n) is 4.10. The molecule has 13 heavy (non-hydrogen) atoms. The van der Waals surface area contributed by atoms with E-state index in [1.54, 1.807) is 0 Å². The summed E-state index contributed by atoms with van der Waals surface area (Å²) in [5.41, 5.74) is 0. The molecule has 2 atom stereocenters. The van der Waals surface area contributed by atoms with Gasteiger partial charge in [0.05, 0.1) is 0 Å². The Kier molecular flexibility index (Phi) is 4.93. The molecule has 0 heterocycles. The van der Waals surface area contributed by atoms with Crippen LogP contribution in [-0.4, -0.2) is 12.6 Å². The molecule has 1 rings (SSSR count). The molecule has 1 nitrogen and oxygen atoms in total. The average molecular weight is 179 g/mol. The fourth-order valence-electron chi connectivity index (χ4n) is 2.08. The molecule has 1 fully saturated rings. The average Bonchev–Trinajstić information content (AvgIpc) is 2.13. The van der Waals surface area contributed by atoms with Crippen molar-refractivity contribution in [2.75, 3.05) is 6.54 Å². The normalized spacial score (nSPS) is 27.8. The largest absolute Gasteiger partial charge is 0.313 e. The van der Waals surface area contributed by atoms with Gasteiger partial charge in [0.2, 0.25) is 0 Å². The van der Waals surface area contributed by atoms with Gasteiger partial charge in [0.25, 0.3) is 0 Å². The summed E-state index contributed by atoms with van der Waals surface area (Å²) in [4.78, 5) is 0. The minimum atomic E-state index is 0.766. The van der Waals surface area contributed by atoms with E-state index in [1.807, 2.05) is 6.92 Å². The minimum absolute atomic E-state index is 0.766. The summed E-state index contributed by atoms with van der Waals surface area (Å²) in [5, 5.41) is 3.58. The van der Waals surface area contributed by atoms with Gasteiger partial charge in [-0.25, -0.2) is 0 Å². The first-order valence-electron chi connectivity index (χ1n) is 5.46. The van der Waals surface area contributed by atoms with Crippen molar-refractivity contribution < 1.29 is 0 Å². The van der Waals surface area contributed by atoms with Crippen LogP contribution in [0.1, 0.15) is 46.0 Å². The van der Waals surface area contributed by atoms with E-state index >= 15 is 0 Å². The molecule has 74 valence electrons. The van der Waals surface area contributed by atoms with Crippen molar-refractivity contribution in [3.63, 3.8) is 0 Å². The van der Waals surface area contributed by atoms with Crippen LogP contribution in [0.2, 0.25) is 0 Å². The Morgan fingerprint density at radius 2 is 2.23 bits per heavy atom. The number of rotatable bonds is 3. The second-order valence-corrected chi connectivity index (χ2v) is 4.10. The van der Waals surface area contributed by atoms with E-state index in [9.17, 15) is 0 Å². The maximum Gasteiger partial charge on any atom is 0.0214 e. The zero-order valence-corrected chi connectivity index (χ0v) is 8.90. The number of hydrogen-bond donors (Lipinski definition) is 1. The van der Waals surface area contributed by atoms with Crippen LogP contribution in [0, 0.1) is 17.8 Å². The zero-order chi connectivity index (χ0) is 9.52. The molecular weight excluding hydrogens is 158 g/mol. The zero-order valence-electron chi connectivity index (χ0n) is 8.90. The van der Waals surface area contributed by atoms with Crippen LogP contribution in [0.15, 0.2) is 0 Å². The summed E-state index contributed by atoms with van der Waals surface area (Å²) in [5.74, 6) is 6.93. The van der Waals surface area contributed by atoms with Crippen LogP contribution in [0.4, 0.5) is 0 Å². The van der Waals surface area contributed by atoms with E-state index in [1.165, 1.54) is 25.7 Å². The van der Waals surface area contributed by atoms with Gasteiger partial charge in [-0.2, -0.15) is 0 Å². The predicted octanol–water partition coefficient (Wildman–Crippen LogP) is 2.57. The highest BCUT2D eigenvalue weighted by molar-refractivity contribution is 4.95. The van der Waals surface area contributed by atoms with Crippen molar-refractivity contribution in [2.24, 2.45) is 5.92 Å². The number of hydrogen-bond acceptors (Lipinski definition) is 1. The summed E-state index contributed by atoms with van der Waals surface area (Å²) in [6.07, 6.45) is 6.55. The monoisotopic (exact) mass is 179 g/mol. The summed E-state index contributed by atoms with van der Waals surface area (Å²) in [6, 6.07) is 0.766. The minimum Gasteiger partial charge on any atom is -0.313 e. The Morgan fingerprint density at radius 3 is 2.92 bits per heavy atom. The molecule has 0 bridgehead atoms. The van der Waals surface area contributed by atoms with Crippen molar-refractivity contribution in [1.29, 1.82) is 0 Å². The summed E-state index contributed by atoms with van der Waals surface area (Å²) >= 11 is 0. The lowest BCUT2D eigenvalue weighted by Crippen LogP contribution is -2.34. The topological polar surface area (TPSA) is 12.0 Å². The summed E-state index contributed by atoms with van der Waals surface area (Å²) < 4.78 is 0. The van der Waals surface area contributed by atoms with Gasteiger partial charge in [-0.15, -0.1) is 11.8 Å². The first kappa shape index (κ1) is 10.6. The molecule has 0 aliphatic heterocycles. The van der Waals surface area contributed by atoms with Gasteiger partial charge < -0.3 is 5.32 Å². The fourth-order valence-corrected chi connectivity index (χ4v) is 2.08. The molecule has 1 saturated carbocycles. The van der Waals surface area contributed by atoms with Crippen molar-refractivity contribution in [3.8, 4) is 11.8 Å². The lowest BCUT2D eigenvalue weighted by molar-refractivity contribution is 0.304. The molecule has 0 aromatic heterocycles.